The van der Waals surface area contributed by atoms with Crippen LogP contribution in [0.15, 0.2) is 42.9 Å². The molecule has 42 heavy (non-hydrogen) atoms. The van der Waals surface area contributed by atoms with E-state index in [1.807, 2.05) is 0 Å². The molecule has 0 unspecified atom stereocenters. The lowest BCUT2D eigenvalue weighted by Crippen LogP contribution is -2.55. The topological polar surface area (TPSA) is 171 Å². The minimum absolute atomic E-state index is 0.00431. The molecule has 2 atom stereocenters. The summed E-state index contributed by atoms with van der Waals surface area (Å²) in [6.07, 6.45) is 0.936. The maximum Gasteiger partial charge on any atom is 0.414 e. The molecule has 4 heterocycles. The van der Waals surface area contributed by atoms with Gasteiger partial charge in [0.1, 0.15) is 17.6 Å². The van der Waals surface area contributed by atoms with E-state index in [1.165, 1.54) is 32.7 Å². The van der Waals surface area contributed by atoms with Crippen molar-refractivity contribution in [3.63, 3.8) is 0 Å². The van der Waals surface area contributed by atoms with Crippen molar-refractivity contribution in [2.45, 2.75) is 19.3 Å². The molecule has 15 nitrogen and oxygen atoms in total. The summed E-state index contributed by atoms with van der Waals surface area (Å²) >= 11 is 0. The van der Waals surface area contributed by atoms with Crippen molar-refractivity contribution in [1.82, 2.24) is 29.9 Å². The number of hydrogen-bond donors (Lipinski definition) is 3. The Kier molecular flexibility index (Phi) is 8.33. The van der Waals surface area contributed by atoms with Gasteiger partial charge in [-0.2, -0.15) is 0 Å². The first kappa shape index (κ1) is 28.5. The van der Waals surface area contributed by atoms with E-state index in [2.05, 4.69) is 20.6 Å². The van der Waals surface area contributed by atoms with Crippen molar-refractivity contribution in [2.75, 3.05) is 55.7 Å². The summed E-state index contributed by atoms with van der Waals surface area (Å²) in [5.74, 6) is -1.69. The third-order valence-electron chi connectivity index (χ3n) is 6.77. The molecule has 5 rings (SSSR count). The second-order valence-electron chi connectivity index (χ2n) is 9.49. The molecule has 2 saturated heterocycles. The zero-order valence-corrected chi connectivity index (χ0v) is 22.6. The second kappa shape index (κ2) is 12.3. The number of fused-ring (bicyclic) bond motifs is 1. The fourth-order valence-corrected chi connectivity index (χ4v) is 4.68. The van der Waals surface area contributed by atoms with Gasteiger partial charge in [0.15, 0.2) is 0 Å². The van der Waals surface area contributed by atoms with E-state index < -0.39 is 42.1 Å². The zero-order valence-electron chi connectivity index (χ0n) is 22.6. The fourth-order valence-electron chi connectivity index (χ4n) is 4.68. The highest BCUT2D eigenvalue weighted by Crippen LogP contribution is 2.28. The van der Waals surface area contributed by atoms with Crippen molar-refractivity contribution in [1.29, 1.82) is 0 Å². The molecule has 0 spiro atoms. The Morgan fingerprint density at radius 1 is 1.24 bits per heavy atom. The Morgan fingerprint density at radius 2 is 2.02 bits per heavy atom. The van der Waals surface area contributed by atoms with Gasteiger partial charge in [-0.25, -0.2) is 23.9 Å². The van der Waals surface area contributed by atoms with E-state index in [9.17, 15) is 24.3 Å². The van der Waals surface area contributed by atoms with Crippen LogP contribution in [0.2, 0.25) is 0 Å². The summed E-state index contributed by atoms with van der Waals surface area (Å²) in [6.45, 7) is 2.96. The number of piperazine rings is 1. The lowest BCUT2D eigenvalue weighted by Gasteiger charge is -2.37. The smallest absolute Gasteiger partial charge is 0.414 e. The predicted octanol–water partition coefficient (Wildman–Crippen LogP) is 0.337. The molecular formula is C26H29FN8O7. The van der Waals surface area contributed by atoms with Crippen LogP contribution in [0, 0.1) is 5.82 Å². The number of halogens is 1. The Balaban J connectivity index is 1.13. The second-order valence-corrected chi connectivity index (χ2v) is 9.49. The molecule has 2 aliphatic heterocycles. The zero-order chi connectivity index (χ0) is 29.8. The van der Waals surface area contributed by atoms with Gasteiger partial charge in [0, 0.05) is 44.8 Å². The number of benzene rings is 1. The molecule has 0 saturated carbocycles. The number of rotatable bonds is 8. The summed E-state index contributed by atoms with van der Waals surface area (Å²) in [5.41, 5.74) is 0.581. The Bertz CT molecular complexity index is 1460. The van der Waals surface area contributed by atoms with Crippen LogP contribution in [0.25, 0.3) is 5.78 Å². The van der Waals surface area contributed by atoms with Gasteiger partial charge in [-0.3, -0.25) is 18.9 Å². The van der Waals surface area contributed by atoms with Gasteiger partial charge in [0.25, 0.3) is 11.8 Å². The number of cyclic esters (lactones) is 1. The van der Waals surface area contributed by atoms with E-state index >= 15 is 4.39 Å². The molecule has 0 radical (unpaired) electrons. The number of aromatic nitrogens is 3. The first-order valence-electron chi connectivity index (χ1n) is 13.2. The maximum absolute atomic E-state index is 15.1. The van der Waals surface area contributed by atoms with Crippen LogP contribution in [0.3, 0.4) is 0 Å². The lowest BCUT2D eigenvalue weighted by molar-refractivity contribution is -0.141. The van der Waals surface area contributed by atoms with E-state index in [-0.39, 0.29) is 57.3 Å². The molecule has 2 fully saturated rings. The highest BCUT2D eigenvalue weighted by Gasteiger charge is 2.34. The first-order valence-corrected chi connectivity index (χ1v) is 13.2. The summed E-state index contributed by atoms with van der Waals surface area (Å²) in [5, 5.41) is 15.1. The lowest BCUT2D eigenvalue weighted by atomic mass is 10.2. The summed E-state index contributed by atoms with van der Waals surface area (Å²) in [7, 11) is 0. The molecule has 4 amide bonds. The fraction of sp³-hybridized carbons (Fsp3) is 0.385. The molecule has 1 aromatic carbocycles. The monoisotopic (exact) mass is 584 g/mol. The van der Waals surface area contributed by atoms with Gasteiger partial charge in [-0.15, -0.1) is 0 Å². The number of amides is 4. The molecule has 16 heteroatoms. The number of carbonyl (C=O) groups excluding carboxylic acids is 4. The highest BCUT2D eigenvalue weighted by atomic mass is 19.1. The van der Waals surface area contributed by atoms with E-state index in [0.29, 0.717) is 11.5 Å². The number of alkyl carbamates (subject to hydrolysis) is 1. The Labute approximate surface area is 238 Å². The van der Waals surface area contributed by atoms with Gasteiger partial charge in [-0.1, -0.05) is 0 Å². The third-order valence-corrected chi connectivity index (χ3v) is 6.77. The number of nitrogens with one attached hydrogen (secondary N) is 2. The van der Waals surface area contributed by atoms with Crippen LogP contribution < -0.4 is 20.4 Å². The van der Waals surface area contributed by atoms with Gasteiger partial charge in [0.05, 0.1) is 31.1 Å². The van der Waals surface area contributed by atoms with E-state index in [4.69, 9.17) is 9.47 Å². The van der Waals surface area contributed by atoms with Crippen LogP contribution >= 0.6 is 0 Å². The standard InChI is InChI=1S/C26H29FN8O7/c1-2-41-25(39)29-13-17-14-35(26(40)42-17)16-4-5-20(18(27)12-16)32-8-10-33(11-9-32)23(38)22(37)31-21(36)19-15-34-7-3-6-28-24(34)30-19/h3-7,12,15,17,22,37H,2,8-11,13-14H2,1H3,(H,29,39)(H,31,36)/t17-,22-/m0/s1. The number of aliphatic hydroxyl groups is 1. The average molecular weight is 585 g/mol. The Hall–Kier alpha value is -4.99. The number of hydrogen-bond acceptors (Lipinski definition) is 10. The molecule has 2 aromatic heterocycles. The van der Waals surface area contributed by atoms with Crippen molar-refractivity contribution in [2.24, 2.45) is 0 Å². The minimum Gasteiger partial charge on any atom is -0.450 e. The number of nitrogens with zero attached hydrogens (tertiary/aromatic N) is 6. The highest BCUT2D eigenvalue weighted by molar-refractivity contribution is 5.96. The molecule has 0 bridgehead atoms. The number of carbonyl (C=O) groups is 4. The predicted molar refractivity (Wildman–Crippen MR) is 144 cm³/mol. The maximum atomic E-state index is 15.1. The molecular weight excluding hydrogens is 555 g/mol. The van der Waals surface area contributed by atoms with Gasteiger partial charge < -0.3 is 35.0 Å². The molecule has 2 aliphatic rings. The first-order chi connectivity index (χ1) is 20.2. The van der Waals surface area contributed by atoms with E-state index in [1.54, 1.807) is 36.2 Å². The summed E-state index contributed by atoms with van der Waals surface area (Å²) in [4.78, 5) is 61.5. The summed E-state index contributed by atoms with van der Waals surface area (Å²) < 4.78 is 26.7. The minimum atomic E-state index is -1.78. The molecule has 0 aliphatic carbocycles. The third kappa shape index (κ3) is 6.17. The van der Waals surface area contributed by atoms with Gasteiger partial charge in [-0.05, 0) is 31.2 Å². The van der Waals surface area contributed by atoms with Crippen molar-refractivity contribution in [3.8, 4) is 0 Å². The number of ether oxygens (including phenoxy) is 2. The number of aliphatic hydroxyl groups excluding tert-OH is 1. The Morgan fingerprint density at radius 3 is 2.74 bits per heavy atom. The SMILES string of the molecule is CCOC(=O)NC[C@H]1CN(c2ccc(N3CCN(C(=O)[C@H](O)NC(=O)c4cn5cccnc5n4)CC3)c(F)c2)C(=O)O1. The van der Waals surface area contributed by atoms with Crippen molar-refractivity contribution in [3.05, 3.63) is 54.4 Å². The van der Waals surface area contributed by atoms with Gasteiger partial charge in [0.2, 0.25) is 12.0 Å². The van der Waals surface area contributed by atoms with Crippen LogP contribution in [0.4, 0.5) is 25.4 Å². The van der Waals surface area contributed by atoms with Crippen molar-refractivity contribution < 1.29 is 38.1 Å². The average Bonchev–Trinajstić information content (AvgIpc) is 3.59. The van der Waals surface area contributed by atoms with Crippen LogP contribution in [-0.2, 0) is 14.3 Å². The van der Waals surface area contributed by atoms with Crippen LogP contribution in [0.1, 0.15) is 17.4 Å². The molecule has 3 aromatic rings. The largest absolute Gasteiger partial charge is 0.450 e. The quantitative estimate of drug-likeness (QED) is 0.314. The number of anilines is 2. The normalized spacial score (nSPS) is 17.6. The van der Waals surface area contributed by atoms with E-state index in [0.717, 1.165) is 0 Å². The van der Waals surface area contributed by atoms with Crippen LogP contribution in [-0.4, -0.2) is 107 Å². The molecule has 222 valence electrons. The molecule has 3 N–H and O–H groups in total. The number of imidazole rings is 1. The van der Waals surface area contributed by atoms with Crippen molar-refractivity contribution >= 4 is 41.2 Å². The van der Waals surface area contributed by atoms with Gasteiger partial charge >= 0.3 is 12.2 Å². The van der Waals surface area contributed by atoms with Crippen LogP contribution in [0.5, 0.6) is 0 Å². The summed E-state index contributed by atoms with van der Waals surface area (Å²) in [6, 6.07) is 6.02.